The van der Waals surface area contributed by atoms with Gasteiger partial charge < -0.3 is 19.3 Å². The molecule has 1 spiro atoms. The Morgan fingerprint density at radius 1 is 1.11 bits per heavy atom. The molecule has 0 aromatic heterocycles. The first-order chi connectivity index (χ1) is 25.8. The smallest absolute Gasteiger partial charge is 0.264 e. The molecule has 10 nitrogen and oxygen atoms in total. The van der Waals surface area contributed by atoms with Gasteiger partial charge in [-0.15, -0.1) is 0 Å². The normalized spacial score (nSPS) is 30.3. The number of rotatable bonds is 4. The number of aryl methyl sites for hydroxylation is 1. The number of hydrogen-bond acceptors (Lipinski definition) is 8. The van der Waals surface area contributed by atoms with E-state index in [1.807, 2.05) is 17.0 Å². The number of fused-ring (bicyclic) bond motifs is 4. The van der Waals surface area contributed by atoms with E-state index in [1.165, 1.54) is 24.1 Å². The molecule has 4 aliphatic heterocycles. The van der Waals surface area contributed by atoms with Gasteiger partial charge in [-0.3, -0.25) is 14.5 Å². The average molecular weight is 785 g/mol. The maximum Gasteiger partial charge on any atom is 0.264 e. The average Bonchev–Trinajstić information content (AvgIpc) is 3.55. The van der Waals surface area contributed by atoms with Crippen molar-refractivity contribution in [1.29, 1.82) is 0 Å². The molecule has 2 fully saturated rings. The van der Waals surface area contributed by atoms with Gasteiger partial charge in [0.25, 0.3) is 5.91 Å². The zero-order valence-electron chi connectivity index (χ0n) is 31.7. The van der Waals surface area contributed by atoms with E-state index in [0.29, 0.717) is 55.2 Å². The monoisotopic (exact) mass is 784 g/mol. The highest BCUT2D eigenvalue weighted by Crippen LogP contribution is 2.45. The molecular formula is C41H54ClFN4O6S. The summed E-state index contributed by atoms with van der Waals surface area (Å²) < 4.78 is 58.3. The third kappa shape index (κ3) is 8.04. The summed E-state index contributed by atoms with van der Waals surface area (Å²) in [5.41, 5.74) is 2.85. The van der Waals surface area contributed by atoms with Gasteiger partial charge in [-0.2, -0.15) is 0 Å². The van der Waals surface area contributed by atoms with Crippen LogP contribution in [-0.4, -0.2) is 100 Å². The maximum absolute atomic E-state index is 16.8. The molecule has 5 aliphatic rings. The number of nitrogens with zero attached hydrogens (tertiary/aromatic N) is 3. The van der Waals surface area contributed by atoms with Crippen LogP contribution in [0.3, 0.4) is 0 Å². The number of ether oxygens (including phenoxy) is 2. The Bertz CT molecular complexity index is 1870. The lowest BCUT2D eigenvalue weighted by molar-refractivity contribution is -0.135. The number of likely N-dealkylation sites (N-methyl/N-ethyl adjacent to an activating group) is 1. The number of anilines is 1. The summed E-state index contributed by atoms with van der Waals surface area (Å²) in [6.07, 6.45) is 8.51. The molecule has 5 atom stereocenters. The van der Waals surface area contributed by atoms with Gasteiger partial charge in [0.1, 0.15) is 17.6 Å². The lowest BCUT2D eigenvalue weighted by Gasteiger charge is -2.42. The fraction of sp³-hybridized carbons (Fsp3) is 0.610. The quantitative estimate of drug-likeness (QED) is 0.387. The Morgan fingerprint density at radius 2 is 1.91 bits per heavy atom. The summed E-state index contributed by atoms with van der Waals surface area (Å²) in [6, 6.07) is 9.83. The van der Waals surface area contributed by atoms with Gasteiger partial charge in [0.05, 0.1) is 17.5 Å². The van der Waals surface area contributed by atoms with Crippen molar-refractivity contribution in [2.75, 3.05) is 57.9 Å². The number of carbonyl (C=O) groups excluding carboxylic acids is 2. The zero-order valence-corrected chi connectivity index (χ0v) is 33.3. The van der Waals surface area contributed by atoms with Crippen LogP contribution in [0.25, 0.3) is 0 Å². The first kappa shape index (κ1) is 39.1. The van der Waals surface area contributed by atoms with Crippen LogP contribution in [0.15, 0.2) is 48.3 Å². The molecule has 7 rings (SSSR count). The van der Waals surface area contributed by atoms with Crippen LogP contribution in [0.4, 0.5) is 10.1 Å². The number of hydrogen-bond donors (Lipinski definition) is 1. The van der Waals surface area contributed by atoms with Crippen molar-refractivity contribution >= 4 is 39.1 Å². The van der Waals surface area contributed by atoms with Crippen LogP contribution in [0.5, 0.6) is 5.75 Å². The second kappa shape index (κ2) is 16.1. The fourth-order valence-electron chi connectivity index (χ4n) is 9.24. The largest absolute Gasteiger partial charge is 0.490 e. The van der Waals surface area contributed by atoms with Gasteiger partial charge in [0, 0.05) is 61.9 Å². The number of benzene rings is 2. The van der Waals surface area contributed by atoms with E-state index in [1.54, 1.807) is 37.1 Å². The number of allylic oxidation sites excluding steroid dienone is 1. The second-order valence-electron chi connectivity index (χ2n) is 16.3. The Hall–Kier alpha value is -3.19. The SMILES string of the molecule is C[C@@H]1[C@@H](C)C/C=C(\F)[C@H](C(=O)N(C)CCC2CCOCC2)N2CCC[C@H]2CN2C[C@@]3(CCCc4cc(Cl)ccc43)COc3ccc(cc32)C(=O)NS1(=O)=O. The summed E-state index contributed by atoms with van der Waals surface area (Å²) in [5, 5.41) is -0.317. The van der Waals surface area contributed by atoms with E-state index >= 15 is 4.39 Å². The standard InChI is InChI=1S/C41H54ClFN4O6S/c1-27-8-12-35(43)38(40(49)45(3)19-14-29-15-20-52-21-16-29)47-18-5-7-33(47)24-46-25-41(17-4-6-30-22-32(42)10-11-34(30)41)26-53-37-13-9-31(23-36(37)46)39(48)44-54(50,51)28(27)2/h9-13,22-23,27-29,33,38H,4-8,14-21,24-26H2,1-3H3,(H,44,48)/b35-12-/t27-,28+,33-,38+,41-/m0/s1. The molecule has 2 saturated heterocycles. The zero-order chi connectivity index (χ0) is 38.2. The summed E-state index contributed by atoms with van der Waals surface area (Å²) in [6.45, 7) is 7.18. The van der Waals surface area contributed by atoms with Crippen molar-refractivity contribution < 1.29 is 31.9 Å². The molecule has 2 aromatic rings. The predicted octanol–water partition coefficient (Wildman–Crippen LogP) is 6.26. The highest BCUT2D eigenvalue weighted by Gasteiger charge is 2.45. The Balaban J connectivity index is 1.29. The van der Waals surface area contributed by atoms with Crippen LogP contribution in [0.2, 0.25) is 5.02 Å². The molecule has 2 bridgehead atoms. The molecule has 1 aliphatic carbocycles. The number of nitrogens with one attached hydrogen (secondary N) is 1. The maximum atomic E-state index is 16.8. The Kier molecular flexibility index (Phi) is 11.7. The summed E-state index contributed by atoms with van der Waals surface area (Å²) in [4.78, 5) is 34.0. The highest BCUT2D eigenvalue weighted by atomic mass is 35.5. The van der Waals surface area contributed by atoms with Crippen LogP contribution in [0, 0.1) is 11.8 Å². The number of halogens is 2. The number of carbonyl (C=O) groups is 2. The third-order valence-electron chi connectivity index (χ3n) is 12.8. The van der Waals surface area contributed by atoms with E-state index in [-0.39, 0.29) is 23.9 Å². The minimum absolute atomic E-state index is 0.0877. The van der Waals surface area contributed by atoms with Crippen molar-refractivity contribution in [1.82, 2.24) is 14.5 Å². The van der Waals surface area contributed by atoms with E-state index in [2.05, 4.69) is 15.7 Å². The van der Waals surface area contributed by atoms with Crippen LogP contribution in [0.1, 0.15) is 86.7 Å². The van der Waals surface area contributed by atoms with E-state index < -0.39 is 44.4 Å². The van der Waals surface area contributed by atoms with Crippen LogP contribution < -0.4 is 14.4 Å². The van der Waals surface area contributed by atoms with Gasteiger partial charge in [-0.05, 0) is 125 Å². The summed E-state index contributed by atoms with van der Waals surface area (Å²) in [7, 11) is -2.37. The molecular weight excluding hydrogens is 731 g/mol. The lowest BCUT2D eigenvalue weighted by atomic mass is 9.70. The van der Waals surface area contributed by atoms with Gasteiger partial charge >= 0.3 is 0 Å². The molecule has 0 radical (unpaired) electrons. The van der Waals surface area contributed by atoms with E-state index in [4.69, 9.17) is 21.1 Å². The molecule has 54 heavy (non-hydrogen) atoms. The first-order valence-corrected chi connectivity index (χ1v) is 21.6. The fourth-order valence-corrected chi connectivity index (χ4v) is 10.7. The van der Waals surface area contributed by atoms with Gasteiger partial charge in [0.15, 0.2) is 0 Å². The molecule has 2 amide bonds. The van der Waals surface area contributed by atoms with Gasteiger partial charge in [-0.25, -0.2) is 17.5 Å². The minimum Gasteiger partial charge on any atom is -0.490 e. The summed E-state index contributed by atoms with van der Waals surface area (Å²) >= 11 is 6.47. The molecule has 0 unspecified atom stereocenters. The molecule has 294 valence electrons. The van der Waals surface area contributed by atoms with Crippen LogP contribution >= 0.6 is 11.6 Å². The number of amides is 2. The topological polar surface area (TPSA) is 108 Å². The van der Waals surface area contributed by atoms with Crippen LogP contribution in [-0.2, 0) is 31.4 Å². The Labute approximate surface area is 324 Å². The Morgan fingerprint density at radius 3 is 2.70 bits per heavy atom. The van der Waals surface area contributed by atoms with E-state index in [0.717, 1.165) is 64.6 Å². The molecule has 2 aromatic carbocycles. The summed E-state index contributed by atoms with van der Waals surface area (Å²) in [5.74, 6) is -1.06. The lowest BCUT2D eigenvalue weighted by Crippen LogP contribution is -2.54. The number of sulfonamides is 1. The van der Waals surface area contributed by atoms with Crippen molar-refractivity contribution in [2.45, 2.75) is 94.4 Å². The van der Waals surface area contributed by atoms with Gasteiger partial charge in [0.2, 0.25) is 15.9 Å². The molecule has 4 heterocycles. The molecule has 0 saturated carbocycles. The molecule has 1 N–H and O–H groups in total. The van der Waals surface area contributed by atoms with Crippen molar-refractivity contribution in [3.8, 4) is 5.75 Å². The van der Waals surface area contributed by atoms with Crippen molar-refractivity contribution in [2.24, 2.45) is 11.8 Å². The van der Waals surface area contributed by atoms with Crippen molar-refractivity contribution in [3.63, 3.8) is 0 Å². The highest BCUT2D eigenvalue weighted by molar-refractivity contribution is 7.90. The minimum atomic E-state index is -4.13. The predicted molar refractivity (Wildman–Crippen MR) is 208 cm³/mol. The van der Waals surface area contributed by atoms with Gasteiger partial charge in [-0.1, -0.05) is 30.7 Å². The third-order valence-corrected chi connectivity index (χ3v) is 14.9. The second-order valence-corrected chi connectivity index (χ2v) is 18.8. The van der Waals surface area contributed by atoms with E-state index in [9.17, 15) is 18.0 Å². The first-order valence-electron chi connectivity index (χ1n) is 19.7. The molecule has 13 heteroatoms. The van der Waals surface area contributed by atoms with Crippen molar-refractivity contribution in [3.05, 3.63) is 70.0 Å².